The van der Waals surface area contributed by atoms with Crippen LogP contribution in [0.15, 0.2) is 24.8 Å². The second-order valence-electron chi connectivity index (χ2n) is 3.97. The van der Waals surface area contributed by atoms with E-state index in [1.165, 1.54) is 0 Å². The molecular formula is C12H15N3O2. The van der Waals surface area contributed by atoms with Gasteiger partial charge in [-0.05, 0) is 18.6 Å². The molecule has 0 amide bonds. The van der Waals surface area contributed by atoms with Crippen molar-refractivity contribution in [2.24, 2.45) is 0 Å². The second kappa shape index (κ2) is 5.07. The van der Waals surface area contributed by atoms with Gasteiger partial charge in [-0.15, -0.1) is 0 Å². The Balaban J connectivity index is 2.42. The van der Waals surface area contributed by atoms with Crippen LogP contribution in [0.25, 0.3) is 11.3 Å². The summed E-state index contributed by atoms with van der Waals surface area (Å²) in [5.74, 6) is 0. The van der Waals surface area contributed by atoms with Crippen LogP contribution >= 0.6 is 0 Å². The van der Waals surface area contributed by atoms with E-state index < -0.39 is 6.10 Å². The Labute approximate surface area is 99.2 Å². The molecule has 90 valence electrons. The van der Waals surface area contributed by atoms with Crippen LogP contribution in [-0.4, -0.2) is 31.3 Å². The van der Waals surface area contributed by atoms with Crippen LogP contribution in [0.4, 0.5) is 0 Å². The van der Waals surface area contributed by atoms with Crippen molar-refractivity contribution in [3.63, 3.8) is 0 Å². The summed E-state index contributed by atoms with van der Waals surface area (Å²) in [5.41, 5.74) is 3.16. The monoisotopic (exact) mass is 233 g/mol. The van der Waals surface area contributed by atoms with E-state index in [0.717, 1.165) is 22.5 Å². The largest absolute Gasteiger partial charge is 0.393 e. The first-order valence-electron chi connectivity index (χ1n) is 5.46. The molecule has 0 spiro atoms. The van der Waals surface area contributed by atoms with Gasteiger partial charge in [0.1, 0.15) is 0 Å². The van der Waals surface area contributed by atoms with Gasteiger partial charge < -0.3 is 15.2 Å². The predicted molar refractivity (Wildman–Crippen MR) is 63.1 cm³/mol. The molecule has 0 aromatic carbocycles. The van der Waals surface area contributed by atoms with E-state index in [4.69, 9.17) is 0 Å². The molecule has 0 saturated carbocycles. The SMILES string of the molecule is C[C@@H](O)Cc1[nH]cnc1-c1cnccc1CO. The van der Waals surface area contributed by atoms with Crippen molar-refractivity contribution in [3.8, 4) is 11.3 Å². The predicted octanol–water partition coefficient (Wildman–Crippen LogP) is 0.887. The average molecular weight is 233 g/mol. The molecule has 2 rings (SSSR count). The van der Waals surface area contributed by atoms with Gasteiger partial charge in [-0.3, -0.25) is 4.98 Å². The van der Waals surface area contributed by atoms with E-state index in [1.807, 2.05) is 0 Å². The van der Waals surface area contributed by atoms with E-state index in [1.54, 1.807) is 31.7 Å². The first-order valence-corrected chi connectivity index (χ1v) is 5.46. The summed E-state index contributed by atoms with van der Waals surface area (Å²) in [6.45, 7) is 1.67. The Morgan fingerprint density at radius 2 is 2.29 bits per heavy atom. The molecule has 2 aromatic heterocycles. The Morgan fingerprint density at radius 1 is 1.47 bits per heavy atom. The summed E-state index contributed by atoms with van der Waals surface area (Å²) >= 11 is 0. The molecule has 2 heterocycles. The third-order valence-corrected chi connectivity index (χ3v) is 2.55. The fourth-order valence-corrected chi connectivity index (χ4v) is 1.78. The van der Waals surface area contributed by atoms with Crippen molar-refractivity contribution in [2.45, 2.75) is 26.1 Å². The highest BCUT2D eigenvalue weighted by Crippen LogP contribution is 2.24. The van der Waals surface area contributed by atoms with Crippen molar-refractivity contribution in [3.05, 3.63) is 36.0 Å². The lowest BCUT2D eigenvalue weighted by Crippen LogP contribution is -2.06. The third kappa shape index (κ3) is 2.51. The number of aliphatic hydroxyl groups is 2. The topological polar surface area (TPSA) is 82.0 Å². The lowest BCUT2D eigenvalue weighted by Gasteiger charge is -2.08. The van der Waals surface area contributed by atoms with Crippen LogP contribution in [0.2, 0.25) is 0 Å². The number of pyridine rings is 1. The zero-order valence-corrected chi connectivity index (χ0v) is 9.59. The number of rotatable bonds is 4. The van der Waals surface area contributed by atoms with Gasteiger partial charge >= 0.3 is 0 Å². The maximum atomic E-state index is 9.41. The van der Waals surface area contributed by atoms with Gasteiger partial charge in [0.05, 0.1) is 24.7 Å². The molecule has 5 heteroatoms. The van der Waals surface area contributed by atoms with Crippen molar-refractivity contribution in [1.82, 2.24) is 15.0 Å². The highest BCUT2D eigenvalue weighted by Gasteiger charge is 2.13. The van der Waals surface area contributed by atoms with E-state index in [2.05, 4.69) is 15.0 Å². The van der Waals surface area contributed by atoms with Crippen LogP contribution in [-0.2, 0) is 13.0 Å². The molecule has 5 nitrogen and oxygen atoms in total. The standard InChI is InChI=1S/C12H15N3O2/c1-8(17)4-11-12(15-7-14-11)10-5-13-3-2-9(10)6-16/h2-3,5,7-8,16-17H,4,6H2,1H3,(H,14,15)/t8-/m1/s1. The molecule has 0 aliphatic heterocycles. The number of nitrogens with one attached hydrogen (secondary N) is 1. The van der Waals surface area contributed by atoms with Gasteiger partial charge in [0, 0.05) is 30.1 Å². The minimum absolute atomic E-state index is 0.0567. The number of hydrogen-bond acceptors (Lipinski definition) is 4. The number of imidazole rings is 1. The van der Waals surface area contributed by atoms with Crippen LogP contribution in [0, 0.1) is 0 Å². The summed E-state index contributed by atoms with van der Waals surface area (Å²) in [6.07, 6.45) is 4.95. The van der Waals surface area contributed by atoms with Crippen LogP contribution in [0.3, 0.4) is 0 Å². The summed E-state index contributed by atoms with van der Waals surface area (Å²) in [4.78, 5) is 11.3. The van der Waals surface area contributed by atoms with Crippen molar-refractivity contribution in [2.75, 3.05) is 0 Å². The molecule has 0 saturated heterocycles. The molecule has 0 bridgehead atoms. The smallest absolute Gasteiger partial charge is 0.0932 e. The van der Waals surface area contributed by atoms with E-state index >= 15 is 0 Å². The minimum atomic E-state index is -0.441. The number of aromatic amines is 1. The van der Waals surface area contributed by atoms with Crippen molar-refractivity contribution < 1.29 is 10.2 Å². The zero-order valence-electron chi connectivity index (χ0n) is 9.59. The summed E-state index contributed by atoms with van der Waals surface area (Å²) < 4.78 is 0. The summed E-state index contributed by atoms with van der Waals surface area (Å²) in [5, 5.41) is 18.7. The van der Waals surface area contributed by atoms with Gasteiger partial charge in [0.15, 0.2) is 0 Å². The van der Waals surface area contributed by atoms with Crippen LogP contribution in [0.1, 0.15) is 18.2 Å². The second-order valence-corrected chi connectivity index (χ2v) is 3.97. The quantitative estimate of drug-likeness (QED) is 0.732. The van der Waals surface area contributed by atoms with E-state index in [9.17, 15) is 10.2 Å². The molecule has 0 aliphatic rings. The van der Waals surface area contributed by atoms with Gasteiger partial charge in [-0.25, -0.2) is 4.98 Å². The Bertz CT molecular complexity index is 494. The highest BCUT2D eigenvalue weighted by atomic mass is 16.3. The number of nitrogens with zero attached hydrogens (tertiary/aromatic N) is 2. The Hall–Kier alpha value is -1.72. The molecule has 0 radical (unpaired) electrons. The van der Waals surface area contributed by atoms with Gasteiger partial charge in [-0.1, -0.05) is 0 Å². The summed E-state index contributed by atoms with van der Waals surface area (Å²) in [7, 11) is 0. The van der Waals surface area contributed by atoms with Gasteiger partial charge in [0.25, 0.3) is 0 Å². The molecular weight excluding hydrogens is 218 g/mol. The zero-order chi connectivity index (χ0) is 12.3. The van der Waals surface area contributed by atoms with E-state index in [0.29, 0.717) is 6.42 Å². The maximum Gasteiger partial charge on any atom is 0.0932 e. The summed E-state index contributed by atoms with van der Waals surface area (Å²) in [6, 6.07) is 1.76. The lowest BCUT2D eigenvalue weighted by molar-refractivity contribution is 0.194. The van der Waals surface area contributed by atoms with Crippen molar-refractivity contribution >= 4 is 0 Å². The molecule has 0 unspecified atom stereocenters. The van der Waals surface area contributed by atoms with Gasteiger partial charge in [-0.2, -0.15) is 0 Å². The number of H-pyrrole nitrogens is 1. The van der Waals surface area contributed by atoms with Crippen LogP contribution < -0.4 is 0 Å². The normalized spacial score (nSPS) is 12.6. The Kier molecular flexibility index (Phi) is 3.51. The first kappa shape index (κ1) is 11.8. The average Bonchev–Trinajstić information content (AvgIpc) is 2.76. The maximum absolute atomic E-state index is 9.41. The fourth-order valence-electron chi connectivity index (χ4n) is 1.78. The number of hydrogen-bond donors (Lipinski definition) is 3. The fraction of sp³-hybridized carbons (Fsp3) is 0.333. The van der Waals surface area contributed by atoms with Crippen LogP contribution in [0.5, 0.6) is 0 Å². The van der Waals surface area contributed by atoms with Gasteiger partial charge in [0.2, 0.25) is 0 Å². The minimum Gasteiger partial charge on any atom is -0.393 e. The molecule has 17 heavy (non-hydrogen) atoms. The van der Waals surface area contributed by atoms with E-state index in [-0.39, 0.29) is 6.61 Å². The molecule has 0 fully saturated rings. The molecule has 3 N–H and O–H groups in total. The molecule has 2 aromatic rings. The highest BCUT2D eigenvalue weighted by molar-refractivity contribution is 5.64. The molecule has 1 atom stereocenters. The first-order chi connectivity index (χ1) is 8.22. The number of aliphatic hydroxyl groups excluding tert-OH is 2. The van der Waals surface area contributed by atoms with Crippen molar-refractivity contribution in [1.29, 1.82) is 0 Å². The Morgan fingerprint density at radius 3 is 3.00 bits per heavy atom. The number of aromatic nitrogens is 3. The third-order valence-electron chi connectivity index (χ3n) is 2.55. The lowest BCUT2D eigenvalue weighted by atomic mass is 10.0. The molecule has 0 aliphatic carbocycles.